The van der Waals surface area contributed by atoms with Gasteiger partial charge in [-0.25, -0.2) is 8.42 Å². The molecule has 0 unspecified atom stereocenters. The second-order valence-corrected chi connectivity index (χ2v) is 12.1. The van der Waals surface area contributed by atoms with Crippen LogP contribution in [0.25, 0.3) is 0 Å². The first kappa shape index (κ1) is 27.0. The van der Waals surface area contributed by atoms with Gasteiger partial charge in [0.05, 0.1) is 23.1 Å². The van der Waals surface area contributed by atoms with Crippen molar-refractivity contribution in [1.29, 1.82) is 0 Å². The van der Waals surface area contributed by atoms with Crippen LogP contribution in [-0.4, -0.2) is 50.4 Å². The smallest absolute Gasteiger partial charge is 0.416 e. The molecular formula is C27H32F3N3O4S. The number of carbonyl (C=O) groups is 1. The molecule has 206 valence electrons. The van der Waals surface area contributed by atoms with Crippen molar-refractivity contribution in [3.05, 3.63) is 59.2 Å². The third kappa shape index (κ3) is 6.16. The van der Waals surface area contributed by atoms with Gasteiger partial charge in [-0.2, -0.15) is 17.5 Å². The first-order chi connectivity index (χ1) is 18.1. The number of hydrogen-bond donors (Lipinski definition) is 2. The Morgan fingerprint density at radius 2 is 1.89 bits per heavy atom. The second kappa shape index (κ2) is 10.9. The number of nitrogens with zero attached hydrogens (tertiary/aromatic N) is 1. The third-order valence-electron chi connectivity index (χ3n) is 7.39. The average Bonchev–Trinajstić information content (AvgIpc) is 3.58. The van der Waals surface area contributed by atoms with Crippen molar-refractivity contribution in [2.24, 2.45) is 0 Å². The Labute approximate surface area is 220 Å². The number of sulfonamides is 1. The number of nitrogens with one attached hydrogen (secondary N) is 2. The highest BCUT2D eigenvalue weighted by Crippen LogP contribution is 2.35. The zero-order chi connectivity index (χ0) is 26.9. The lowest BCUT2D eigenvalue weighted by molar-refractivity contribution is -0.137. The SMILES string of the molecule is O=C(C[C@@H]1CCCN1S(=O)(=O)c1cccc(C(F)(F)F)c1)N[C@@H]1CCOc2cc(CCNC3CC3)ccc21. The normalized spacial score (nSPS) is 22.1. The van der Waals surface area contributed by atoms with Crippen LogP contribution in [0.3, 0.4) is 0 Å². The Balaban J connectivity index is 1.23. The molecule has 0 aromatic heterocycles. The van der Waals surface area contributed by atoms with Gasteiger partial charge in [-0.1, -0.05) is 18.2 Å². The number of amides is 1. The Hall–Kier alpha value is -2.63. The summed E-state index contributed by atoms with van der Waals surface area (Å²) in [5.74, 6) is 0.455. The van der Waals surface area contributed by atoms with Gasteiger partial charge in [-0.3, -0.25) is 4.79 Å². The third-order valence-corrected chi connectivity index (χ3v) is 9.34. The zero-order valence-corrected chi connectivity index (χ0v) is 21.8. The van der Waals surface area contributed by atoms with Crippen LogP contribution in [-0.2, 0) is 27.4 Å². The van der Waals surface area contributed by atoms with Gasteiger partial charge in [0, 0.05) is 37.0 Å². The topological polar surface area (TPSA) is 87.7 Å². The lowest BCUT2D eigenvalue weighted by Crippen LogP contribution is -2.40. The van der Waals surface area contributed by atoms with Crippen molar-refractivity contribution >= 4 is 15.9 Å². The zero-order valence-electron chi connectivity index (χ0n) is 21.0. The molecule has 2 fully saturated rings. The molecule has 7 nitrogen and oxygen atoms in total. The van der Waals surface area contributed by atoms with E-state index in [0.717, 1.165) is 48.0 Å². The van der Waals surface area contributed by atoms with Crippen LogP contribution in [0.2, 0.25) is 0 Å². The average molecular weight is 552 g/mol. The van der Waals surface area contributed by atoms with E-state index in [1.54, 1.807) is 0 Å². The standard InChI is InChI=1S/C27H32F3N3O4S/c28-27(29,30)19-3-1-5-22(16-19)38(35,36)33-13-2-4-21(33)17-26(34)32-24-11-14-37-25-15-18(6-9-23(24)25)10-12-31-20-7-8-20/h1,3,5-6,9,15-16,20-21,24,31H,2,4,7-8,10-14,17H2,(H,32,34)/t21-,24+/m0/s1. The fourth-order valence-corrected chi connectivity index (χ4v) is 6.95. The van der Waals surface area contributed by atoms with E-state index < -0.39 is 32.7 Å². The van der Waals surface area contributed by atoms with E-state index in [2.05, 4.69) is 10.6 Å². The van der Waals surface area contributed by atoms with E-state index in [9.17, 15) is 26.4 Å². The van der Waals surface area contributed by atoms with Crippen LogP contribution in [0.1, 0.15) is 61.3 Å². The molecule has 0 bridgehead atoms. The molecule has 3 aliphatic rings. The van der Waals surface area contributed by atoms with Gasteiger partial charge in [0.1, 0.15) is 5.75 Å². The van der Waals surface area contributed by atoms with Crippen molar-refractivity contribution in [2.45, 2.75) is 74.1 Å². The van der Waals surface area contributed by atoms with Crippen LogP contribution < -0.4 is 15.4 Å². The number of carbonyl (C=O) groups excluding carboxylic acids is 1. The van der Waals surface area contributed by atoms with Crippen LogP contribution in [0.15, 0.2) is 47.4 Å². The Morgan fingerprint density at radius 3 is 2.66 bits per heavy atom. The molecule has 2 aromatic carbocycles. The summed E-state index contributed by atoms with van der Waals surface area (Å²) in [5, 5.41) is 6.52. The van der Waals surface area contributed by atoms with Crippen molar-refractivity contribution in [2.75, 3.05) is 19.7 Å². The summed E-state index contributed by atoms with van der Waals surface area (Å²) in [7, 11) is -4.18. The second-order valence-electron chi connectivity index (χ2n) is 10.2. The number of hydrogen-bond acceptors (Lipinski definition) is 5. The summed E-state index contributed by atoms with van der Waals surface area (Å²) in [6.07, 6.45) is 0.262. The summed E-state index contributed by atoms with van der Waals surface area (Å²) in [4.78, 5) is 12.6. The summed E-state index contributed by atoms with van der Waals surface area (Å²) >= 11 is 0. The van der Waals surface area contributed by atoms with Crippen molar-refractivity contribution < 1.29 is 31.1 Å². The Bertz CT molecular complexity index is 1280. The minimum Gasteiger partial charge on any atom is -0.493 e. The van der Waals surface area contributed by atoms with Crippen LogP contribution in [0.5, 0.6) is 5.75 Å². The van der Waals surface area contributed by atoms with Crippen molar-refractivity contribution in [1.82, 2.24) is 14.9 Å². The molecular weight excluding hydrogens is 519 g/mol. The number of fused-ring (bicyclic) bond motifs is 1. The van der Waals surface area contributed by atoms with Gasteiger partial charge < -0.3 is 15.4 Å². The Morgan fingerprint density at radius 1 is 1.08 bits per heavy atom. The van der Waals surface area contributed by atoms with Gasteiger partial charge in [-0.15, -0.1) is 0 Å². The Kier molecular flexibility index (Phi) is 7.70. The highest BCUT2D eigenvalue weighted by Gasteiger charge is 2.38. The molecule has 38 heavy (non-hydrogen) atoms. The lowest BCUT2D eigenvalue weighted by atomic mass is 9.97. The number of rotatable bonds is 9. The van der Waals surface area contributed by atoms with E-state index in [0.29, 0.717) is 38.0 Å². The minimum absolute atomic E-state index is 0.0597. The van der Waals surface area contributed by atoms with E-state index in [4.69, 9.17) is 4.74 Å². The number of benzene rings is 2. The highest BCUT2D eigenvalue weighted by atomic mass is 32.2. The molecule has 0 spiro atoms. The van der Waals surface area contributed by atoms with Crippen molar-refractivity contribution in [3.8, 4) is 5.75 Å². The molecule has 1 saturated heterocycles. The van der Waals surface area contributed by atoms with Crippen LogP contribution >= 0.6 is 0 Å². The maximum absolute atomic E-state index is 13.2. The number of halogens is 3. The molecule has 2 N–H and O–H groups in total. The first-order valence-electron chi connectivity index (χ1n) is 13.1. The molecule has 2 heterocycles. The van der Waals surface area contributed by atoms with Gasteiger partial charge in [0.25, 0.3) is 0 Å². The summed E-state index contributed by atoms with van der Waals surface area (Å²) < 4.78 is 72.9. The molecule has 1 aliphatic carbocycles. The molecule has 2 atom stereocenters. The highest BCUT2D eigenvalue weighted by molar-refractivity contribution is 7.89. The predicted octanol–water partition coefficient (Wildman–Crippen LogP) is 4.18. The molecule has 1 saturated carbocycles. The fourth-order valence-electron chi connectivity index (χ4n) is 5.21. The van der Waals surface area contributed by atoms with E-state index in [1.165, 1.54) is 17.1 Å². The minimum atomic E-state index is -4.65. The monoisotopic (exact) mass is 551 g/mol. The summed E-state index contributed by atoms with van der Waals surface area (Å²) in [5.41, 5.74) is 1.03. The van der Waals surface area contributed by atoms with Gasteiger partial charge in [0.15, 0.2) is 0 Å². The predicted molar refractivity (Wildman–Crippen MR) is 135 cm³/mol. The molecule has 2 aliphatic heterocycles. The van der Waals surface area contributed by atoms with Crippen LogP contribution in [0.4, 0.5) is 13.2 Å². The van der Waals surface area contributed by atoms with Gasteiger partial charge in [-0.05, 0) is 68.5 Å². The molecule has 5 rings (SSSR count). The van der Waals surface area contributed by atoms with E-state index in [1.807, 2.05) is 18.2 Å². The van der Waals surface area contributed by atoms with Crippen LogP contribution in [0, 0.1) is 0 Å². The molecule has 1 amide bonds. The largest absolute Gasteiger partial charge is 0.493 e. The summed E-state index contributed by atoms with van der Waals surface area (Å²) in [6, 6.07) is 9.57. The molecule has 2 aromatic rings. The van der Waals surface area contributed by atoms with E-state index in [-0.39, 0.29) is 24.9 Å². The van der Waals surface area contributed by atoms with Gasteiger partial charge in [0.2, 0.25) is 15.9 Å². The maximum atomic E-state index is 13.2. The van der Waals surface area contributed by atoms with E-state index >= 15 is 0 Å². The fraction of sp³-hybridized carbons (Fsp3) is 0.519. The summed E-state index contributed by atoms with van der Waals surface area (Å²) in [6.45, 7) is 1.53. The lowest BCUT2D eigenvalue weighted by Gasteiger charge is -2.29. The molecule has 11 heteroatoms. The van der Waals surface area contributed by atoms with Gasteiger partial charge >= 0.3 is 6.18 Å². The number of ether oxygens (including phenoxy) is 1. The number of alkyl halides is 3. The van der Waals surface area contributed by atoms with Crippen molar-refractivity contribution in [3.63, 3.8) is 0 Å². The first-order valence-corrected chi connectivity index (χ1v) is 14.5. The maximum Gasteiger partial charge on any atom is 0.416 e. The quantitative estimate of drug-likeness (QED) is 0.488. The molecule has 0 radical (unpaired) electrons.